The topological polar surface area (TPSA) is 92.7 Å². The third-order valence-corrected chi connectivity index (χ3v) is 5.30. The number of carboxylic acids is 1. The lowest BCUT2D eigenvalue weighted by molar-refractivity contribution is -0.139. The SMILES string of the molecule is CC(C)CC(NS(=O)(=O)c1ccc(Oc2ccccc2Cl)cc1)C(=O)O. The maximum atomic E-state index is 12.4. The minimum absolute atomic E-state index is 0.0326. The van der Waals surface area contributed by atoms with Crippen LogP contribution in [0.4, 0.5) is 0 Å². The number of halogens is 1. The molecule has 0 fully saturated rings. The number of hydrogen-bond donors (Lipinski definition) is 2. The zero-order valence-corrected chi connectivity index (χ0v) is 15.9. The van der Waals surface area contributed by atoms with Crippen LogP contribution in [0.15, 0.2) is 53.4 Å². The van der Waals surface area contributed by atoms with Crippen molar-refractivity contribution in [2.24, 2.45) is 5.92 Å². The molecule has 2 rings (SSSR count). The molecule has 140 valence electrons. The summed E-state index contributed by atoms with van der Waals surface area (Å²) in [6.45, 7) is 3.65. The predicted molar refractivity (Wildman–Crippen MR) is 99.2 cm³/mol. The zero-order valence-electron chi connectivity index (χ0n) is 14.3. The van der Waals surface area contributed by atoms with E-state index < -0.39 is 22.0 Å². The van der Waals surface area contributed by atoms with Crippen molar-refractivity contribution in [3.63, 3.8) is 0 Å². The number of nitrogens with one attached hydrogen (secondary N) is 1. The summed E-state index contributed by atoms with van der Waals surface area (Å²) in [5, 5.41) is 9.64. The molecule has 0 aliphatic rings. The molecule has 0 saturated carbocycles. The van der Waals surface area contributed by atoms with Crippen molar-refractivity contribution in [1.82, 2.24) is 4.72 Å². The highest BCUT2D eigenvalue weighted by Crippen LogP contribution is 2.29. The summed E-state index contributed by atoms with van der Waals surface area (Å²) >= 11 is 6.02. The Balaban J connectivity index is 2.15. The van der Waals surface area contributed by atoms with E-state index in [4.69, 9.17) is 16.3 Å². The van der Waals surface area contributed by atoms with Crippen LogP contribution in [-0.2, 0) is 14.8 Å². The standard InChI is InChI=1S/C18H20ClNO5S/c1-12(2)11-16(18(21)22)20-26(23,24)14-9-7-13(8-10-14)25-17-6-4-3-5-15(17)19/h3-10,12,16,20H,11H2,1-2H3,(H,21,22). The first-order valence-corrected chi connectivity index (χ1v) is 9.82. The highest BCUT2D eigenvalue weighted by Gasteiger charge is 2.26. The molecule has 26 heavy (non-hydrogen) atoms. The molecule has 8 heteroatoms. The number of carbonyl (C=O) groups is 1. The molecular weight excluding hydrogens is 378 g/mol. The van der Waals surface area contributed by atoms with E-state index in [0.29, 0.717) is 16.5 Å². The molecule has 0 aromatic heterocycles. The maximum Gasteiger partial charge on any atom is 0.321 e. The predicted octanol–water partition coefficient (Wildman–Crippen LogP) is 3.91. The van der Waals surface area contributed by atoms with Gasteiger partial charge in [-0.25, -0.2) is 8.42 Å². The van der Waals surface area contributed by atoms with Crippen molar-refractivity contribution in [3.05, 3.63) is 53.6 Å². The summed E-state index contributed by atoms with van der Waals surface area (Å²) < 4.78 is 32.7. The largest absolute Gasteiger partial charge is 0.480 e. The van der Waals surface area contributed by atoms with Gasteiger partial charge in [0.2, 0.25) is 10.0 Å². The van der Waals surface area contributed by atoms with Crippen LogP contribution in [0.5, 0.6) is 11.5 Å². The molecular formula is C18H20ClNO5S. The van der Waals surface area contributed by atoms with Crippen LogP contribution in [-0.4, -0.2) is 25.5 Å². The van der Waals surface area contributed by atoms with Crippen molar-refractivity contribution >= 4 is 27.6 Å². The van der Waals surface area contributed by atoms with Gasteiger partial charge in [-0.15, -0.1) is 0 Å². The van der Waals surface area contributed by atoms with Gasteiger partial charge in [0.1, 0.15) is 17.5 Å². The van der Waals surface area contributed by atoms with Gasteiger partial charge in [-0.3, -0.25) is 4.79 Å². The second kappa shape index (κ2) is 8.53. The molecule has 0 amide bonds. The number of para-hydroxylation sites is 1. The van der Waals surface area contributed by atoms with Crippen LogP contribution in [0.3, 0.4) is 0 Å². The van der Waals surface area contributed by atoms with Crippen molar-refractivity contribution in [3.8, 4) is 11.5 Å². The summed E-state index contributed by atoms with van der Waals surface area (Å²) in [7, 11) is -3.96. The Labute approximate surface area is 157 Å². The fourth-order valence-electron chi connectivity index (χ4n) is 2.27. The number of benzene rings is 2. The number of hydrogen-bond acceptors (Lipinski definition) is 4. The van der Waals surface area contributed by atoms with Crippen LogP contribution in [0.2, 0.25) is 5.02 Å². The molecule has 0 aliphatic carbocycles. The van der Waals surface area contributed by atoms with Gasteiger partial charge in [0, 0.05) is 0 Å². The van der Waals surface area contributed by atoms with Gasteiger partial charge in [0.05, 0.1) is 9.92 Å². The molecule has 1 atom stereocenters. The third kappa shape index (κ3) is 5.45. The highest BCUT2D eigenvalue weighted by molar-refractivity contribution is 7.89. The van der Waals surface area contributed by atoms with Crippen molar-refractivity contribution < 1.29 is 23.1 Å². The van der Waals surface area contributed by atoms with Crippen LogP contribution in [0, 0.1) is 5.92 Å². The first-order valence-electron chi connectivity index (χ1n) is 7.96. The average Bonchev–Trinajstić information content (AvgIpc) is 2.56. The second-order valence-electron chi connectivity index (χ2n) is 6.15. The summed E-state index contributed by atoms with van der Waals surface area (Å²) in [6, 6.07) is 11.4. The van der Waals surface area contributed by atoms with E-state index in [0.717, 1.165) is 0 Å². The minimum atomic E-state index is -3.96. The van der Waals surface area contributed by atoms with E-state index in [1.807, 2.05) is 13.8 Å². The Kier molecular flexibility index (Phi) is 6.63. The average molecular weight is 398 g/mol. The molecule has 2 aromatic carbocycles. The van der Waals surface area contributed by atoms with Gasteiger partial charge in [0.15, 0.2) is 0 Å². The number of sulfonamides is 1. The molecule has 0 radical (unpaired) electrons. The Morgan fingerprint density at radius 2 is 1.77 bits per heavy atom. The lowest BCUT2D eigenvalue weighted by atomic mass is 10.1. The first kappa shape index (κ1) is 20.2. The van der Waals surface area contributed by atoms with E-state index in [1.165, 1.54) is 24.3 Å². The van der Waals surface area contributed by atoms with Gasteiger partial charge < -0.3 is 9.84 Å². The molecule has 0 aliphatic heterocycles. The fourth-order valence-corrected chi connectivity index (χ4v) is 3.64. The second-order valence-corrected chi connectivity index (χ2v) is 8.27. The van der Waals surface area contributed by atoms with Crippen molar-refractivity contribution in [1.29, 1.82) is 0 Å². The van der Waals surface area contributed by atoms with Gasteiger partial charge in [-0.2, -0.15) is 4.72 Å². The van der Waals surface area contributed by atoms with Gasteiger partial charge in [0.25, 0.3) is 0 Å². The fraction of sp³-hybridized carbons (Fsp3) is 0.278. The Bertz CT molecular complexity index is 865. The molecule has 2 aromatic rings. The van der Waals surface area contributed by atoms with E-state index in [9.17, 15) is 18.3 Å². The molecule has 2 N–H and O–H groups in total. The molecule has 0 saturated heterocycles. The number of aliphatic carboxylic acids is 1. The smallest absolute Gasteiger partial charge is 0.321 e. The monoisotopic (exact) mass is 397 g/mol. The zero-order chi connectivity index (χ0) is 19.3. The molecule has 1 unspecified atom stereocenters. The lowest BCUT2D eigenvalue weighted by Gasteiger charge is -2.16. The van der Waals surface area contributed by atoms with Gasteiger partial charge in [-0.1, -0.05) is 37.6 Å². The summed E-state index contributed by atoms with van der Waals surface area (Å²) in [5.74, 6) is -0.314. The van der Waals surface area contributed by atoms with E-state index in [2.05, 4.69) is 4.72 Å². The van der Waals surface area contributed by atoms with Crippen LogP contribution >= 0.6 is 11.6 Å². The van der Waals surface area contributed by atoms with Crippen molar-refractivity contribution in [2.75, 3.05) is 0 Å². The quantitative estimate of drug-likeness (QED) is 0.704. The molecule has 0 bridgehead atoms. The summed E-state index contributed by atoms with van der Waals surface area (Å²) in [6.07, 6.45) is 0.197. The Morgan fingerprint density at radius 3 is 2.31 bits per heavy atom. The molecule has 6 nitrogen and oxygen atoms in total. The first-order chi connectivity index (χ1) is 12.2. The highest BCUT2D eigenvalue weighted by atomic mass is 35.5. The van der Waals surface area contributed by atoms with Gasteiger partial charge in [-0.05, 0) is 48.7 Å². The van der Waals surface area contributed by atoms with E-state index >= 15 is 0 Å². The summed E-state index contributed by atoms with van der Waals surface area (Å²) in [4.78, 5) is 11.2. The Morgan fingerprint density at radius 1 is 1.15 bits per heavy atom. The van der Waals surface area contributed by atoms with Crippen molar-refractivity contribution in [2.45, 2.75) is 31.2 Å². The lowest BCUT2D eigenvalue weighted by Crippen LogP contribution is -2.41. The number of rotatable bonds is 8. The number of carboxylic acid groups (broad SMARTS) is 1. The van der Waals surface area contributed by atoms with E-state index in [-0.39, 0.29) is 17.2 Å². The minimum Gasteiger partial charge on any atom is -0.480 e. The number of ether oxygens (including phenoxy) is 1. The maximum absolute atomic E-state index is 12.4. The van der Waals surface area contributed by atoms with Gasteiger partial charge >= 0.3 is 5.97 Å². The van der Waals surface area contributed by atoms with Crippen LogP contribution in [0.1, 0.15) is 20.3 Å². The normalized spacial score (nSPS) is 12.8. The molecule has 0 spiro atoms. The van der Waals surface area contributed by atoms with Crippen LogP contribution in [0.25, 0.3) is 0 Å². The van der Waals surface area contributed by atoms with E-state index in [1.54, 1.807) is 24.3 Å². The van der Waals surface area contributed by atoms with Crippen LogP contribution < -0.4 is 9.46 Å². The summed E-state index contributed by atoms with van der Waals surface area (Å²) in [5.41, 5.74) is 0. The molecule has 0 heterocycles. The third-order valence-electron chi connectivity index (χ3n) is 3.50. The Hall–Kier alpha value is -2.09.